The molecule has 0 spiro atoms. The first-order valence-electron chi connectivity index (χ1n) is 10.2. The fourth-order valence-electron chi connectivity index (χ4n) is 3.79. The van der Waals surface area contributed by atoms with Crippen LogP contribution in [-0.4, -0.2) is 14.2 Å². The highest BCUT2D eigenvalue weighted by molar-refractivity contribution is 8.14. The van der Waals surface area contributed by atoms with Crippen LogP contribution in [0.5, 0.6) is 11.5 Å². The Morgan fingerprint density at radius 2 is 1.26 bits per heavy atom. The summed E-state index contributed by atoms with van der Waals surface area (Å²) >= 11 is 7.56. The van der Waals surface area contributed by atoms with Crippen molar-refractivity contribution in [3.63, 3.8) is 0 Å². The fraction of sp³-hybridized carbons (Fsp3) is 0.111. The Morgan fingerprint density at radius 3 is 1.84 bits per heavy atom. The van der Waals surface area contributed by atoms with E-state index in [0.717, 1.165) is 39.4 Å². The number of rotatable bonds is 7. The van der Waals surface area contributed by atoms with Gasteiger partial charge in [0.1, 0.15) is 38.7 Å². The molecule has 0 aromatic heterocycles. The third-order valence-electron chi connectivity index (χ3n) is 5.38. The van der Waals surface area contributed by atoms with Crippen LogP contribution in [0.4, 0.5) is 0 Å². The minimum absolute atomic E-state index is 0.751. The van der Waals surface area contributed by atoms with E-state index in [1.807, 2.05) is 24.3 Å². The second-order valence-corrected chi connectivity index (χ2v) is 11.5. The van der Waals surface area contributed by atoms with Gasteiger partial charge in [0.15, 0.2) is 0 Å². The van der Waals surface area contributed by atoms with E-state index >= 15 is 0 Å². The van der Waals surface area contributed by atoms with Gasteiger partial charge in [0.25, 0.3) is 0 Å². The van der Waals surface area contributed by atoms with Crippen LogP contribution in [0, 0.1) is 0 Å². The molecule has 0 saturated heterocycles. The molecule has 0 radical (unpaired) electrons. The van der Waals surface area contributed by atoms with E-state index in [1.54, 1.807) is 14.2 Å². The van der Waals surface area contributed by atoms with E-state index < -0.39 is 6.62 Å². The van der Waals surface area contributed by atoms with E-state index in [4.69, 9.17) is 20.7 Å². The van der Waals surface area contributed by atoms with E-state index in [1.165, 1.54) is 5.56 Å². The third kappa shape index (κ3) is 4.46. The van der Waals surface area contributed by atoms with Crippen LogP contribution in [0.25, 0.3) is 0 Å². The summed E-state index contributed by atoms with van der Waals surface area (Å²) in [4.78, 5) is 0. The van der Waals surface area contributed by atoms with Crippen molar-refractivity contribution in [3.05, 3.63) is 114 Å². The molecule has 0 amide bonds. The standard InChI is InChI=1S/C27H25ClO2P/c1-29-23-17-16-22(27(20-23)30-2)18-21-10-9-15-26(19-21)31(28,24-11-5-3-6-12-24)25-13-7-4-8-14-25/h3-17,19-20H,18H2,1-2H3/q+1. The highest BCUT2D eigenvalue weighted by atomic mass is 35.7. The fourth-order valence-corrected chi connectivity index (χ4v) is 7.48. The zero-order valence-electron chi connectivity index (χ0n) is 17.7. The zero-order chi connectivity index (χ0) is 21.7. The predicted octanol–water partition coefficient (Wildman–Crippen LogP) is 5.74. The van der Waals surface area contributed by atoms with Gasteiger partial charge in [-0.3, -0.25) is 0 Å². The van der Waals surface area contributed by atoms with E-state index in [0.29, 0.717) is 0 Å². The molecule has 0 atom stereocenters. The van der Waals surface area contributed by atoms with Crippen LogP contribution in [0.2, 0.25) is 0 Å². The Labute approximate surface area is 189 Å². The van der Waals surface area contributed by atoms with Crippen LogP contribution in [0.15, 0.2) is 103 Å². The molecule has 156 valence electrons. The first kappa shape index (κ1) is 21.4. The lowest BCUT2D eigenvalue weighted by molar-refractivity contribution is 0.391. The summed E-state index contributed by atoms with van der Waals surface area (Å²) in [6.07, 6.45) is 0.751. The lowest BCUT2D eigenvalue weighted by Gasteiger charge is -2.20. The summed E-state index contributed by atoms with van der Waals surface area (Å²) in [5.74, 6) is 1.61. The number of halogens is 1. The number of hydrogen-bond donors (Lipinski definition) is 0. The Morgan fingerprint density at radius 1 is 0.645 bits per heavy atom. The Hall–Kier alpha value is -2.80. The Kier molecular flexibility index (Phi) is 6.61. The predicted molar refractivity (Wildman–Crippen MR) is 133 cm³/mol. The van der Waals surface area contributed by atoms with Gasteiger partial charge in [0.2, 0.25) is 6.62 Å². The van der Waals surface area contributed by atoms with Crippen LogP contribution in [0.3, 0.4) is 0 Å². The van der Waals surface area contributed by atoms with Gasteiger partial charge in [-0.1, -0.05) is 54.6 Å². The molecule has 0 heterocycles. The second kappa shape index (κ2) is 9.56. The summed E-state index contributed by atoms with van der Waals surface area (Å²) in [7, 11) is 3.35. The highest BCUT2D eigenvalue weighted by Crippen LogP contribution is 2.60. The van der Waals surface area contributed by atoms with Crippen molar-refractivity contribution in [2.24, 2.45) is 0 Å². The topological polar surface area (TPSA) is 18.5 Å². The van der Waals surface area contributed by atoms with E-state index in [2.05, 4.69) is 78.9 Å². The van der Waals surface area contributed by atoms with Gasteiger partial charge >= 0.3 is 0 Å². The molecule has 0 fully saturated rings. The zero-order valence-corrected chi connectivity index (χ0v) is 19.3. The van der Waals surface area contributed by atoms with Crippen molar-refractivity contribution < 1.29 is 9.47 Å². The molecule has 4 rings (SSSR count). The smallest absolute Gasteiger partial charge is 0.210 e. The largest absolute Gasteiger partial charge is 0.497 e. The molecule has 2 nitrogen and oxygen atoms in total. The van der Waals surface area contributed by atoms with Gasteiger partial charge in [0, 0.05) is 12.5 Å². The molecule has 4 heteroatoms. The molecule has 0 saturated carbocycles. The summed E-state index contributed by atoms with van der Waals surface area (Å²) in [6.45, 7) is -2.27. The summed E-state index contributed by atoms with van der Waals surface area (Å²) in [5, 5.41) is 3.46. The van der Waals surface area contributed by atoms with Crippen molar-refractivity contribution in [1.82, 2.24) is 0 Å². The van der Waals surface area contributed by atoms with Gasteiger partial charge < -0.3 is 9.47 Å². The van der Waals surface area contributed by atoms with Crippen molar-refractivity contribution >= 4 is 33.8 Å². The number of ether oxygens (including phenoxy) is 2. The van der Waals surface area contributed by atoms with Crippen LogP contribution in [-0.2, 0) is 6.42 Å². The normalized spacial score (nSPS) is 11.2. The average Bonchev–Trinajstić information content (AvgIpc) is 2.85. The molecule has 0 unspecified atom stereocenters. The van der Waals surface area contributed by atoms with Crippen molar-refractivity contribution in [2.75, 3.05) is 14.2 Å². The minimum atomic E-state index is -2.27. The third-order valence-corrected chi connectivity index (χ3v) is 10.1. The first-order chi connectivity index (χ1) is 15.1. The highest BCUT2D eigenvalue weighted by Gasteiger charge is 2.44. The van der Waals surface area contributed by atoms with Gasteiger partial charge in [-0.25, -0.2) is 0 Å². The minimum Gasteiger partial charge on any atom is -0.497 e. The number of methoxy groups -OCH3 is 2. The molecular weight excluding hydrogens is 423 g/mol. The average molecular weight is 448 g/mol. The molecular formula is C27H25ClO2P+. The molecule has 0 aliphatic carbocycles. The summed E-state index contributed by atoms with van der Waals surface area (Å²) < 4.78 is 10.9. The summed E-state index contributed by atoms with van der Waals surface area (Å²) in [5.41, 5.74) is 2.30. The SMILES string of the molecule is COc1ccc(Cc2cccc([P+](Cl)(c3ccccc3)c3ccccc3)c2)c(OC)c1. The Balaban J connectivity index is 1.77. The Bertz CT molecular complexity index is 1110. The van der Waals surface area contributed by atoms with E-state index in [-0.39, 0.29) is 0 Å². The van der Waals surface area contributed by atoms with Crippen molar-refractivity contribution in [2.45, 2.75) is 6.42 Å². The maximum Gasteiger partial charge on any atom is 0.210 e. The molecule has 0 bridgehead atoms. The van der Waals surface area contributed by atoms with Crippen molar-refractivity contribution in [3.8, 4) is 11.5 Å². The summed E-state index contributed by atoms with van der Waals surface area (Å²) in [6, 6.07) is 35.4. The van der Waals surface area contributed by atoms with Crippen LogP contribution < -0.4 is 25.4 Å². The molecule has 0 aliphatic heterocycles. The quantitative estimate of drug-likeness (QED) is 0.336. The second-order valence-electron chi connectivity index (χ2n) is 7.28. The number of hydrogen-bond acceptors (Lipinski definition) is 2. The molecule has 0 N–H and O–H groups in total. The van der Waals surface area contributed by atoms with Crippen LogP contribution in [0.1, 0.15) is 11.1 Å². The molecule has 0 aliphatic rings. The molecule has 31 heavy (non-hydrogen) atoms. The maximum absolute atomic E-state index is 7.56. The lowest BCUT2D eigenvalue weighted by atomic mass is 10.0. The van der Waals surface area contributed by atoms with Crippen molar-refractivity contribution in [1.29, 1.82) is 0 Å². The van der Waals surface area contributed by atoms with Gasteiger partial charge in [0.05, 0.1) is 14.2 Å². The number of benzene rings is 4. The van der Waals surface area contributed by atoms with E-state index in [9.17, 15) is 0 Å². The first-order valence-corrected chi connectivity index (χ1v) is 12.8. The van der Waals surface area contributed by atoms with Gasteiger partial charge in [-0.05, 0) is 53.6 Å². The van der Waals surface area contributed by atoms with Crippen LogP contribution >= 0.6 is 17.9 Å². The maximum atomic E-state index is 7.56. The lowest BCUT2D eigenvalue weighted by Crippen LogP contribution is -2.27. The molecule has 4 aromatic rings. The monoisotopic (exact) mass is 447 g/mol. The van der Waals surface area contributed by atoms with Gasteiger partial charge in [-0.15, -0.1) is 0 Å². The molecule has 4 aromatic carbocycles. The van der Waals surface area contributed by atoms with Gasteiger partial charge in [-0.2, -0.15) is 0 Å².